The number of carboxylic acids is 1. The van der Waals surface area contributed by atoms with Gasteiger partial charge in [-0.2, -0.15) is 0 Å². The number of hydrogen-bond acceptors (Lipinski definition) is 8. The fourth-order valence-corrected chi connectivity index (χ4v) is 2.80. The van der Waals surface area contributed by atoms with Crippen molar-refractivity contribution in [2.24, 2.45) is 0 Å². The Kier molecular flexibility index (Phi) is 7.70. The van der Waals surface area contributed by atoms with E-state index in [1.54, 1.807) is 0 Å². The third kappa shape index (κ3) is 6.86. The quantitative estimate of drug-likeness (QED) is 0.232. The fourth-order valence-electron chi connectivity index (χ4n) is 2.80. The number of hydrogen-bond donors (Lipinski definition) is 3. The van der Waals surface area contributed by atoms with Crippen molar-refractivity contribution >= 4 is 41.1 Å². The second-order valence-corrected chi connectivity index (χ2v) is 6.93. The van der Waals surface area contributed by atoms with Crippen LogP contribution in [0, 0.1) is 10.1 Å². The number of rotatable bonds is 9. The van der Waals surface area contributed by atoms with E-state index in [0.29, 0.717) is 0 Å². The molecule has 0 aliphatic rings. The van der Waals surface area contributed by atoms with Crippen LogP contribution in [0.5, 0.6) is 0 Å². The Hall–Kier alpha value is -5.26. The summed E-state index contributed by atoms with van der Waals surface area (Å²) >= 11 is 0. The summed E-state index contributed by atoms with van der Waals surface area (Å²) in [7, 11) is 0. The zero-order chi connectivity index (χ0) is 25.4. The second kappa shape index (κ2) is 11.0. The zero-order valence-electron chi connectivity index (χ0n) is 17.8. The average molecular weight is 477 g/mol. The lowest BCUT2D eigenvalue weighted by Gasteiger charge is -2.11. The molecule has 3 aromatic rings. The van der Waals surface area contributed by atoms with Gasteiger partial charge in [0.2, 0.25) is 0 Å². The first-order valence-electron chi connectivity index (χ1n) is 9.93. The van der Waals surface area contributed by atoms with Gasteiger partial charge in [-0.05, 0) is 48.0 Å². The van der Waals surface area contributed by atoms with Gasteiger partial charge in [0.1, 0.15) is 5.70 Å². The van der Waals surface area contributed by atoms with Crippen molar-refractivity contribution in [2.45, 2.75) is 0 Å². The van der Waals surface area contributed by atoms with Crippen LogP contribution in [0.15, 0.2) is 77.0 Å². The van der Waals surface area contributed by atoms with Crippen molar-refractivity contribution in [1.82, 2.24) is 10.6 Å². The van der Waals surface area contributed by atoms with E-state index in [2.05, 4.69) is 16.0 Å². The van der Waals surface area contributed by atoms with Crippen LogP contribution < -0.4 is 21.1 Å². The standard InChI is InChI=1S/C23H18N4O8/c28-20(29)13-24-21(30)15-6-8-16(9-7-15)25-22(31)18(26-23(32)19-5-2-10-35-19)12-14-3-1-4-17(11-14)27(33)34/h1-12H,13H2,(H,24,30)(H,25,31)(H,26,32)(H,28,29)/p-1/b18-12-. The van der Waals surface area contributed by atoms with E-state index >= 15 is 0 Å². The van der Waals surface area contributed by atoms with Gasteiger partial charge >= 0.3 is 0 Å². The lowest BCUT2D eigenvalue weighted by molar-refractivity contribution is -0.384. The number of nitro benzene ring substituents is 1. The Bertz CT molecular complexity index is 1300. The van der Waals surface area contributed by atoms with Gasteiger partial charge in [-0.15, -0.1) is 0 Å². The molecule has 0 saturated heterocycles. The zero-order valence-corrected chi connectivity index (χ0v) is 17.8. The monoisotopic (exact) mass is 477 g/mol. The van der Waals surface area contributed by atoms with Gasteiger partial charge in [0.25, 0.3) is 23.4 Å². The smallest absolute Gasteiger partial charge is 0.291 e. The number of carboxylic acid groups (broad SMARTS) is 1. The molecule has 1 aromatic heterocycles. The van der Waals surface area contributed by atoms with Gasteiger partial charge in [-0.1, -0.05) is 12.1 Å². The van der Waals surface area contributed by atoms with Crippen molar-refractivity contribution in [3.63, 3.8) is 0 Å². The van der Waals surface area contributed by atoms with Crippen LogP contribution in [-0.2, 0) is 9.59 Å². The van der Waals surface area contributed by atoms with Crippen molar-refractivity contribution in [3.05, 3.63) is 99.6 Å². The molecule has 178 valence electrons. The summed E-state index contributed by atoms with van der Waals surface area (Å²) in [5, 5.41) is 28.6. The molecule has 2 aromatic carbocycles. The molecule has 0 bridgehead atoms. The molecule has 0 atom stereocenters. The Morgan fingerprint density at radius 1 is 0.971 bits per heavy atom. The first-order chi connectivity index (χ1) is 16.7. The van der Waals surface area contributed by atoms with Crippen molar-refractivity contribution in [3.8, 4) is 0 Å². The SMILES string of the molecule is O=C([O-])CNC(=O)c1ccc(NC(=O)/C(=C/c2cccc([N+](=O)[O-])c2)NC(=O)c2ccco2)cc1. The van der Waals surface area contributed by atoms with Gasteiger partial charge in [0, 0.05) is 23.4 Å². The number of furan rings is 1. The molecule has 0 spiro atoms. The van der Waals surface area contributed by atoms with Gasteiger partial charge < -0.3 is 30.3 Å². The summed E-state index contributed by atoms with van der Waals surface area (Å²) in [5.41, 5.74) is 0.237. The van der Waals surface area contributed by atoms with E-state index in [0.717, 1.165) is 0 Å². The molecule has 12 heteroatoms. The molecule has 0 aliphatic carbocycles. The number of benzene rings is 2. The predicted octanol–water partition coefficient (Wildman–Crippen LogP) is 1.08. The highest BCUT2D eigenvalue weighted by Crippen LogP contribution is 2.17. The number of non-ortho nitro benzene ring substituents is 1. The number of anilines is 1. The van der Waals surface area contributed by atoms with E-state index in [1.807, 2.05) is 0 Å². The summed E-state index contributed by atoms with van der Waals surface area (Å²) < 4.78 is 5.03. The van der Waals surface area contributed by atoms with E-state index in [1.165, 1.54) is 73.0 Å². The highest BCUT2D eigenvalue weighted by atomic mass is 16.6. The molecule has 1 heterocycles. The summed E-state index contributed by atoms with van der Waals surface area (Å²) in [4.78, 5) is 58.2. The maximum absolute atomic E-state index is 12.9. The van der Waals surface area contributed by atoms with Crippen LogP contribution in [0.25, 0.3) is 6.08 Å². The minimum Gasteiger partial charge on any atom is -0.548 e. The van der Waals surface area contributed by atoms with Gasteiger partial charge in [0.15, 0.2) is 5.76 Å². The van der Waals surface area contributed by atoms with E-state index in [4.69, 9.17) is 4.42 Å². The minimum atomic E-state index is -1.44. The van der Waals surface area contributed by atoms with Crippen LogP contribution in [0.2, 0.25) is 0 Å². The van der Waals surface area contributed by atoms with Crippen LogP contribution in [0.4, 0.5) is 11.4 Å². The Morgan fingerprint density at radius 2 is 1.71 bits per heavy atom. The molecule has 0 aliphatic heterocycles. The minimum absolute atomic E-state index is 0.0605. The summed E-state index contributed by atoms with van der Waals surface area (Å²) in [6.07, 6.45) is 2.54. The number of nitrogens with zero attached hydrogens (tertiary/aromatic N) is 1. The number of aliphatic carboxylic acids is 1. The number of nitrogens with one attached hydrogen (secondary N) is 3. The van der Waals surface area contributed by atoms with E-state index in [9.17, 15) is 34.4 Å². The van der Waals surface area contributed by atoms with Crippen molar-refractivity contribution in [2.75, 3.05) is 11.9 Å². The molecular formula is C23H17N4O8-. The molecule has 3 N–H and O–H groups in total. The fraction of sp³-hybridized carbons (Fsp3) is 0.0435. The normalized spacial score (nSPS) is 10.8. The first kappa shape index (κ1) is 24.4. The topological polar surface area (TPSA) is 184 Å². The number of amides is 3. The molecule has 0 radical (unpaired) electrons. The molecule has 12 nitrogen and oxygen atoms in total. The molecule has 3 rings (SSSR count). The molecule has 35 heavy (non-hydrogen) atoms. The molecule has 0 fully saturated rings. The van der Waals surface area contributed by atoms with Crippen LogP contribution in [-0.4, -0.2) is 35.2 Å². The number of carbonyl (C=O) groups excluding carboxylic acids is 4. The van der Waals surface area contributed by atoms with Crippen LogP contribution in [0.1, 0.15) is 26.5 Å². The Morgan fingerprint density at radius 3 is 2.34 bits per heavy atom. The lowest BCUT2D eigenvalue weighted by Crippen LogP contribution is -2.37. The maximum Gasteiger partial charge on any atom is 0.291 e. The summed E-state index contributed by atoms with van der Waals surface area (Å²) in [5.74, 6) is -3.63. The second-order valence-electron chi connectivity index (χ2n) is 6.93. The predicted molar refractivity (Wildman–Crippen MR) is 120 cm³/mol. The molecule has 0 unspecified atom stereocenters. The maximum atomic E-state index is 12.9. The molecule has 0 saturated carbocycles. The van der Waals surface area contributed by atoms with Crippen molar-refractivity contribution in [1.29, 1.82) is 0 Å². The number of nitro groups is 1. The van der Waals surface area contributed by atoms with Gasteiger partial charge in [-0.3, -0.25) is 24.5 Å². The summed E-state index contributed by atoms with van der Waals surface area (Å²) in [6.45, 7) is -0.654. The summed E-state index contributed by atoms with van der Waals surface area (Å²) in [6, 6.07) is 13.8. The highest BCUT2D eigenvalue weighted by molar-refractivity contribution is 6.10. The Balaban J connectivity index is 1.81. The Labute approximate surface area is 197 Å². The average Bonchev–Trinajstić information content (AvgIpc) is 3.38. The lowest BCUT2D eigenvalue weighted by atomic mass is 10.1. The highest BCUT2D eigenvalue weighted by Gasteiger charge is 2.17. The van der Waals surface area contributed by atoms with Gasteiger partial charge in [0.05, 0.1) is 23.7 Å². The van der Waals surface area contributed by atoms with Crippen molar-refractivity contribution < 1.29 is 33.6 Å². The van der Waals surface area contributed by atoms with E-state index < -0.39 is 35.2 Å². The van der Waals surface area contributed by atoms with Crippen LogP contribution >= 0.6 is 0 Å². The van der Waals surface area contributed by atoms with Crippen LogP contribution in [0.3, 0.4) is 0 Å². The number of carbonyl (C=O) groups is 4. The first-order valence-corrected chi connectivity index (χ1v) is 9.93. The van der Waals surface area contributed by atoms with Gasteiger partial charge in [-0.25, -0.2) is 0 Å². The molecule has 3 amide bonds. The largest absolute Gasteiger partial charge is 0.548 e. The molecular weight excluding hydrogens is 460 g/mol. The third-order valence-corrected chi connectivity index (χ3v) is 4.43. The van der Waals surface area contributed by atoms with E-state index in [-0.39, 0.29) is 34.0 Å². The third-order valence-electron chi connectivity index (χ3n) is 4.43.